The van der Waals surface area contributed by atoms with Crippen molar-refractivity contribution in [3.05, 3.63) is 82.0 Å². The predicted molar refractivity (Wildman–Crippen MR) is 132 cm³/mol. The fraction of sp³-hybridized carbons (Fsp3) is 0.261. The van der Waals surface area contributed by atoms with Gasteiger partial charge in [0.2, 0.25) is 15.9 Å². The van der Waals surface area contributed by atoms with E-state index < -0.39 is 16.1 Å². The molecule has 0 aliphatic rings. The molecule has 0 saturated heterocycles. The smallest absolute Gasteiger partial charge is 0.243 e. The van der Waals surface area contributed by atoms with Crippen molar-refractivity contribution < 1.29 is 13.2 Å². The number of nitrogen functional groups attached to an aromatic ring is 1. The van der Waals surface area contributed by atoms with Gasteiger partial charge in [-0.05, 0) is 54.8 Å². The average Bonchev–Trinajstić information content (AvgIpc) is 3.15. The Morgan fingerprint density at radius 1 is 1.15 bits per heavy atom. The summed E-state index contributed by atoms with van der Waals surface area (Å²) in [7, 11) is -2.45. The van der Waals surface area contributed by atoms with E-state index in [-0.39, 0.29) is 28.8 Å². The van der Waals surface area contributed by atoms with Crippen molar-refractivity contribution >= 4 is 45.0 Å². The van der Waals surface area contributed by atoms with Crippen molar-refractivity contribution in [3.8, 4) is 0 Å². The van der Waals surface area contributed by atoms with Gasteiger partial charge in [-0.1, -0.05) is 47.5 Å². The second kappa shape index (κ2) is 10.6. The van der Waals surface area contributed by atoms with Crippen molar-refractivity contribution in [2.45, 2.75) is 37.4 Å². The molecule has 0 radical (unpaired) electrons. The van der Waals surface area contributed by atoms with E-state index in [1.165, 1.54) is 11.0 Å². The molecule has 3 rings (SSSR count). The summed E-state index contributed by atoms with van der Waals surface area (Å²) in [5, 5.41) is 0.651. The number of aromatic nitrogens is 1. The fourth-order valence-electron chi connectivity index (χ4n) is 3.59. The lowest BCUT2D eigenvalue weighted by Gasteiger charge is -2.25. The average molecular weight is 509 g/mol. The van der Waals surface area contributed by atoms with Crippen molar-refractivity contribution in [2.75, 3.05) is 12.8 Å². The summed E-state index contributed by atoms with van der Waals surface area (Å²) >= 11 is 12.2. The molecule has 1 atom stereocenters. The normalized spacial score (nSPS) is 12.5. The number of carbonyl (C=O) groups excluding carboxylic acids is 1. The lowest BCUT2D eigenvalue weighted by atomic mass is 10.1. The SMILES string of the molecule is Cc1cccc(Cl)c1S(=O)(=O)NC(CCn1cccc1N)C(=O)N(C)Cc1cccc(Cl)c1. The zero-order chi connectivity index (χ0) is 24.2. The van der Waals surface area contributed by atoms with Crippen LogP contribution >= 0.6 is 23.2 Å². The molecule has 0 aliphatic carbocycles. The molecule has 1 amide bonds. The highest BCUT2D eigenvalue weighted by atomic mass is 35.5. The fourth-order valence-corrected chi connectivity index (χ4v) is 5.86. The molecule has 1 unspecified atom stereocenters. The van der Waals surface area contributed by atoms with Gasteiger partial charge in [-0.15, -0.1) is 0 Å². The summed E-state index contributed by atoms with van der Waals surface area (Å²) < 4.78 is 30.8. The van der Waals surface area contributed by atoms with Gasteiger partial charge in [0.15, 0.2) is 0 Å². The van der Waals surface area contributed by atoms with E-state index in [4.69, 9.17) is 28.9 Å². The third-order valence-electron chi connectivity index (χ3n) is 5.24. The number of likely N-dealkylation sites (N-methyl/N-ethyl adjacent to an activating group) is 1. The molecule has 0 bridgehead atoms. The molecular formula is C23H26Cl2N4O3S. The van der Waals surface area contributed by atoms with Crippen LogP contribution in [0.1, 0.15) is 17.5 Å². The molecule has 0 saturated carbocycles. The lowest BCUT2D eigenvalue weighted by molar-refractivity contribution is -0.132. The monoisotopic (exact) mass is 508 g/mol. The van der Waals surface area contributed by atoms with E-state index in [9.17, 15) is 13.2 Å². The number of rotatable bonds is 9. The standard InChI is InChI=1S/C23H26Cl2N4O3S/c1-16-6-3-9-19(25)22(16)33(31,32)27-20(11-13-29-12-5-10-21(29)26)23(30)28(2)15-17-7-4-8-18(24)14-17/h3-10,12,14,20,27H,11,13,15,26H2,1-2H3. The van der Waals surface area contributed by atoms with Crippen LogP contribution in [-0.2, 0) is 27.9 Å². The Hall–Kier alpha value is -2.52. The largest absolute Gasteiger partial charge is 0.385 e. The zero-order valence-electron chi connectivity index (χ0n) is 18.3. The minimum absolute atomic E-state index is 0.0394. The zero-order valence-corrected chi connectivity index (χ0v) is 20.7. The Morgan fingerprint density at radius 2 is 1.88 bits per heavy atom. The second-order valence-electron chi connectivity index (χ2n) is 7.80. The van der Waals surface area contributed by atoms with E-state index in [2.05, 4.69) is 4.72 Å². The molecule has 0 fully saturated rings. The van der Waals surface area contributed by atoms with Gasteiger partial charge in [0, 0.05) is 31.4 Å². The van der Waals surface area contributed by atoms with Gasteiger partial charge < -0.3 is 15.2 Å². The number of anilines is 1. The van der Waals surface area contributed by atoms with E-state index >= 15 is 0 Å². The lowest BCUT2D eigenvalue weighted by Crippen LogP contribution is -2.47. The highest BCUT2D eigenvalue weighted by Crippen LogP contribution is 2.25. The van der Waals surface area contributed by atoms with Gasteiger partial charge in [-0.2, -0.15) is 4.72 Å². The van der Waals surface area contributed by atoms with Gasteiger partial charge in [-0.25, -0.2) is 8.42 Å². The maximum Gasteiger partial charge on any atom is 0.243 e. The van der Waals surface area contributed by atoms with Crippen LogP contribution in [0.15, 0.2) is 65.7 Å². The topological polar surface area (TPSA) is 97.4 Å². The van der Waals surface area contributed by atoms with Crippen molar-refractivity contribution in [2.24, 2.45) is 0 Å². The quantitative estimate of drug-likeness (QED) is 0.454. The second-order valence-corrected chi connectivity index (χ2v) is 10.3. The maximum atomic E-state index is 13.3. The number of hydrogen-bond donors (Lipinski definition) is 2. The third-order valence-corrected chi connectivity index (χ3v) is 7.57. The molecule has 1 aromatic heterocycles. The third kappa shape index (κ3) is 6.29. The summed E-state index contributed by atoms with van der Waals surface area (Å²) in [6.45, 7) is 2.28. The number of nitrogens with zero attached hydrogens (tertiary/aromatic N) is 2. The number of aryl methyl sites for hydroxylation is 2. The summed E-state index contributed by atoms with van der Waals surface area (Å²) in [6.07, 6.45) is 1.97. The molecule has 0 aliphatic heterocycles. The first-order valence-corrected chi connectivity index (χ1v) is 12.5. The van der Waals surface area contributed by atoms with Crippen LogP contribution < -0.4 is 10.5 Å². The number of sulfonamides is 1. The molecule has 2 aromatic carbocycles. The Kier molecular flexibility index (Phi) is 8.07. The summed E-state index contributed by atoms with van der Waals surface area (Å²) in [4.78, 5) is 14.8. The molecule has 176 valence electrons. The molecule has 0 spiro atoms. The molecule has 3 N–H and O–H groups in total. The van der Waals surface area contributed by atoms with Gasteiger partial charge in [0.25, 0.3) is 0 Å². The Labute approximate surface area is 204 Å². The van der Waals surface area contributed by atoms with Crippen LogP contribution in [0.5, 0.6) is 0 Å². The summed E-state index contributed by atoms with van der Waals surface area (Å²) in [6, 6.07) is 14.5. The Bertz CT molecular complexity index is 1220. The van der Waals surface area contributed by atoms with E-state index in [0.29, 0.717) is 22.9 Å². The molecule has 1 heterocycles. The van der Waals surface area contributed by atoms with Crippen molar-refractivity contribution in [1.82, 2.24) is 14.2 Å². The first-order chi connectivity index (χ1) is 15.6. The van der Waals surface area contributed by atoms with Gasteiger partial charge in [0.1, 0.15) is 16.8 Å². The van der Waals surface area contributed by atoms with Gasteiger partial charge in [-0.3, -0.25) is 4.79 Å². The van der Waals surface area contributed by atoms with Crippen LogP contribution in [0.4, 0.5) is 5.82 Å². The molecule has 33 heavy (non-hydrogen) atoms. The minimum atomic E-state index is -4.07. The van der Waals surface area contributed by atoms with Gasteiger partial charge >= 0.3 is 0 Å². The first-order valence-electron chi connectivity index (χ1n) is 10.3. The van der Waals surface area contributed by atoms with Crippen LogP contribution in [0.3, 0.4) is 0 Å². The number of amides is 1. The van der Waals surface area contributed by atoms with Crippen molar-refractivity contribution in [3.63, 3.8) is 0 Å². The maximum absolute atomic E-state index is 13.3. The number of carbonyl (C=O) groups is 1. The molecular weight excluding hydrogens is 483 g/mol. The van der Waals surface area contributed by atoms with Crippen LogP contribution in [0.2, 0.25) is 10.0 Å². The highest BCUT2D eigenvalue weighted by molar-refractivity contribution is 7.89. The van der Waals surface area contributed by atoms with E-state index in [1.54, 1.807) is 67.2 Å². The number of halogens is 2. The van der Waals surface area contributed by atoms with Crippen LogP contribution in [-0.4, -0.2) is 36.9 Å². The van der Waals surface area contributed by atoms with Crippen LogP contribution in [0.25, 0.3) is 0 Å². The van der Waals surface area contributed by atoms with E-state index in [1.807, 2.05) is 6.07 Å². The summed E-state index contributed by atoms with van der Waals surface area (Å²) in [5.41, 5.74) is 7.26. The van der Waals surface area contributed by atoms with Gasteiger partial charge in [0.05, 0.1) is 5.02 Å². The van der Waals surface area contributed by atoms with E-state index in [0.717, 1.165) is 5.56 Å². The Morgan fingerprint density at radius 3 is 2.52 bits per heavy atom. The number of hydrogen-bond acceptors (Lipinski definition) is 4. The number of nitrogens with one attached hydrogen (secondary N) is 1. The highest BCUT2D eigenvalue weighted by Gasteiger charge is 2.30. The summed E-state index contributed by atoms with van der Waals surface area (Å²) in [5.74, 6) is 0.146. The number of benzene rings is 2. The Balaban J connectivity index is 1.86. The van der Waals surface area contributed by atoms with Crippen molar-refractivity contribution in [1.29, 1.82) is 0 Å². The molecule has 3 aromatic rings. The van der Waals surface area contributed by atoms with Crippen LogP contribution in [0, 0.1) is 6.92 Å². The molecule has 7 nitrogen and oxygen atoms in total. The first kappa shape index (κ1) is 25.1. The predicted octanol–water partition coefficient (Wildman–Crippen LogP) is 4.08. The number of nitrogens with two attached hydrogens (primary N) is 1. The minimum Gasteiger partial charge on any atom is -0.385 e. The molecule has 10 heteroatoms.